The second-order valence-electron chi connectivity index (χ2n) is 6.49. The van der Waals surface area contributed by atoms with Crippen LogP contribution in [0.4, 0.5) is 0 Å². The van der Waals surface area contributed by atoms with Crippen molar-refractivity contribution in [2.24, 2.45) is 11.8 Å². The predicted molar refractivity (Wildman–Crippen MR) is 80.9 cm³/mol. The van der Waals surface area contributed by atoms with Crippen molar-refractivity contribution >= 4 is 0 Å². The molecular weight excluding hydrogens is 234 g/mol. The molecule has 0 fully saturated rings. The topological polar surface area (TPSA) is 33.1 Å². The van der Waals surface area contributed by atoms with E-state index in [9.17, 15) is 5.11 Å². The molecule has 2 heteroatoms. The van der Waals surface area contributed by atoms with Gasteiger partial charge in [0.05, 0.1) is 5.60 Å². The zero-order valence-electron chi connectivity index (χ0n) is 12.9. The monoisotopic (exact) mass is 263 g/mol. The van der Waals surface area contributed by atoms with Crippen LogP contribution in [0.2, 0.25) is 0 Å². The van der Waals surface area contributed by atoms with E-state index in [0.29, 0.717) is 11.8 Å². The molecule has 0 aliphatic carbocycles. The molecular formula is C17H29NO. The smallest absolute Gasteiger partial charge is 0.0911 e. The second kappa shape index (κ2) is 7.64. The van der Waals surface area contributed by atoms with Gasteiger partial charge in [0.2, 0.25) is 0 Å². The van der Waals surface area contributed by atoms with Crippen LogP contribution in [0.15, 0.2) is 24.5 Å². The summed E-state index contributed by atoms with van der Waals surface area (Å²) in [5, 5.41) is 11.0. The Morgan fingerprint density at radius 2 is 1.79 bits per heavy atom. The zero-order valence-corrected chi connectivity index (χ0v) is 12.9. The van der Waals surface area contributed by atoms with Crippen molar-refractivity contribution in [2.75, 3.05) is 0 Å². The van der Waals surface area contributed by atoms with Crippen molar-refractivity contribution in [3.8, 4) is 0 Å². The molecule has 1 aromatic rings. The van der Waals surface area contributed by atoms with Gasteiger partial charge in [-0.3, -0.25) is 4.98 Å². The van der Waals surface area contributed by atoms with Crippen LogP contribution in [0.1, 0.15) is 65.4 Å². The number of aliphatic hydroxyl groups is 1. The highest BCUT2D eigenvalue weighted by molar-refractivity contribution is 5.17. The highest BCUT2D eigenvalue weighted by atomic mass is 16.3. The molecule has 1 aromatic heterocycles. The molecule has 0 aliphatic heterocycles. The summed E-state index contributed by atoms with van der Waals surface area (Å²) in [6.45, 7) is 8.88. The molecule has 0 saturated heterocycles. The molecule has 0 amide bonds. The zero-order chi connectivity index (χ0) is 14.3. The van der Waals surface area contributed by atoms with Gasteiger partial charge >= 0.3 is 0 Å². The van der Waals surface area contributed by atoms with Gasteiger partial charge in [-0.2, -0.15) is 0 Å². The third kappa shape index (κ3) is 5.73. The first-order valence-corrected chi connectivity index (χ1v) is 7.57. The van der Waals surface area contributed by atoms with E-state index in [-0.39, 0.29) is 0 Å². The Bertz CT molecular complexity index is 348. The van der Waals surface area contributed by atoms with E-state index >= 15 is 0 Å². The Balaban J connectivity index is 2.72. The minimum absolute atomic E-state index is 0.619. The molecule has 1 unspecified atom stereocenters. The van der Waals surface area contributed by atoms with Crippen molar-refractivity contribution in [3.05, 3.63) is 30.1 Å². The standard InChI is InChI=1S/C17H29NO/c1-14(2)7-5-10-17(19,11-9-15(3)4)16-8-6-12-18-13-16/h6,8,12-15,19H,5,7,9-11H2,1-4H3. The summed E-state index contributed by atoms with van der Waals surface area (Å²) in [4.78, 5) is 4.16. The van der Waals surface area contributed by atoms with Crippen molar-refractivity contribution in [1.29, 1.82) is 0 Å². The third-order valence-corrected chi connectivity index (χ3v) is 3.71. The van der Waals surface area contributed by atoms with Gasteiger partial charge < -0.3 is 5.11 Å². The van der Waals surface area contributed by atoms with Crippen LogP contribution in [0.3, 0.4) is 0 Å². The molecule has 0 aromatic carbocycles. The number of pyridine rings is 1. The molecule has 2 nitrogen and oxygen atoms in total. The fourth-order valence-corrected chi connectivity index (χ4v) is 2.38. The van der Waals surface area contributed by atoms with E-state index in [1.54, 1.807) is 6.20 Å². The van der Waals surface area contributed by atoms with E-state index in [1.165, 1.54) is 6.42 Å². The highest BCUT2D eigenvalue weighted by Crippen LogP contribution is 2.33. The summed E-state index contributed by atoms with van der Waals surface area (Å²) < 4.78 is 0. The first-order valence-electron chi connectivity index (χ1n) is 7.57. The lowest BCUT2D eigenvalue weighted by Gasteiger charge is -2.29. The van der Waals surface area contributed by atoms with E-state index in [2.05, 4.69) is 32.7 Å². The molecule has 0 radical (unpaired) electrons. The Hall–Kier alpha value is -0.890. The van der Waals surface area contributed by atoms with Crippen molar-refractivity contribution in [1.82, 2.24) is 4.98 Å². The highest BCUT2D eigenvalue weighted by Gasteiger charge is 2.28. The summed E-state index contributed by atoms with van der Waals surface area (Å²) in [5.41, 5.74) is 0.271. The predicted octanol–water partition coefficient (Wildman–Crippen LogP) is 4.53. The van der Waals surface area contributed by atoms with Gasteiger partial charge in [0.15, 0.2) is 0 Å². The second-order valence-corrected chi connectivity index (χ2v) is 6.49. The largest absolute Gasteiger partial charge is 0.385 e. The summed E-state index contributed by atoms with van der Waals surface area (Å²) >= 11 is 0. The summed E-state index contributed by atoms with van der Waals surface area (Å²) in [7, 11) is 0. The molecule has 0 aliphatic rings. The minimum Gasteiger partial charge on any atom is -0.385 e. The first-order chi connectivity index (χ1) is 8.94. The first kappa shape index (κ1) is 16.2. The maximum Gasteiger partial charge on any atom is 0.0911 e. The Kier molecular flexibility index (Phi) is 6.50. The third-order valence-electron chi connectivity index (χ3n) is 3.71. The Morgan fingerprint density at radius 1 is 1.11 bits per heavy atom. The van der Waals surface area contributed by atoms with E-state index in [1.807, 2.05) is 18.3 Å². The Labute approximate surface area is 118 Å². The Morgan fingerprint density at radius 3 is 2.32 bits per heavy atom. The molecule has 1 atom stereocenters. The fourth-order valence-electron chi connectivity index (χ4n) is 2.38. The average Bonchev–Trinajstić information content (AvgIpc) is 2.37. The van der Waals surface area contributed by atoms with E-state index in [4.69, 9.17) is 0 Å². The van der Waals surface area contributed by atoms with E-state index < -0.39 is 5.60 Å². The number of hydrogen-bond acceptors (Lipinski definition) is 2. The molecule has 1 rings (SSSR count). The SMILES string of the molecule is CC(C)CCCC(O)(CCC(C)C)c1cccnc1. The quantitative estimate of drug-likeness (QED) is 0.747. The van der Waals surface area contributed by atoms with Crippen LogP contribution >= 0.6 is 0 Å². The molecule has 0 saturated carbocycles. The van der Waals surface area contributed by atoms with Crippen LogP contribution in [0.5, 0.6) is 0 Å². The molecule has 108 valence electrons. The molecule has 0 spiro atoms. The summed E-state index contributed by atoms with van der Waals surface area (Å²) in [5.74, 6) is 1.32. The molecule has 1 heterocycles. The number of hydrogen-bond donors (Lipinski definition) is 1. The molecule has 1 N–H and O–H groups in total. The normalized spacial score (nSPS) is 14.9. The minimum atomic E-state index is -0.701. The van der Waals surface area contributed by atoms with Crippen LogP contribution in [0.25, 0.3) is 0 Å². The van der Waals surface area contributed by atoms with Gasteiger partial charge in [-0.1, -0.05) is 40.2 Å². The van der Waals surface area contributed by atoms with Gasteiger partial charge in [-0.25, -0.2) is 0 Å². The van der Waals surface area contributed by atoms with Crippen LogP contribution < -0.4 is 0 Å². The van der Waals surface area contributed by atoms with Crippen molar-refractivity contribution in [2.45, 2.75) is 65.4 Å². The molecule has 19 heavy (non-hydrogen) atoms. The van der Waals surface area contributed by atoms with E-state index in [0.717, 1.165) is 31.2 Å². The van der Waals surface area contributed by atoms with Gasteiger partial charge in [0.1, 0.15) is 0 Å². The van der Waals surface area contributed by atoms with Crippen molar-refractivity contribution < 1.29 is 5.11 Å². The lowest BCUT2D eigenvalue weighted by atomic mass is 9.83. The van der Waals surface area contributed by atoms with Crippen LogP contribution in [0, 0.1) is 11.8 Å². The van der Waals surface area contributed by atoms with Gasteiger partial charge in [0, 0.05) is 18.0 Å². The number of aromatic nitrogens is 1. The van der Waals surface area contributed by atoms with Crippen LogP contribution in [-0.4, -0.2) is 10.1 Å². The molecule has 0 bridgehead atoms. The maximum atomic E-state index is 11.0. The van der Waals surface area contributed by atoms with Gasteiger partial charge in [-0.15, -0.1) is 0 Å². The van der Waals surface area contributed by atoms with Crippen molar-refractivity contribution in [3.63, 3.8) is 0 Å². The number of nitrogens with zero attached hydrogens (tertiary/aromatic N) is 1. The fraction of sp³-hybridized carbons (Fsp3) is 0.706. The number of rotatable bonds is 8. The van der Waals surface area contributed by atoms with Crippen LogP contribution in [-0.2, 0) is 5.60 Å². The lowest BCUT2D eigenvalue weighted by molar-refractivity contribution is 0.00992. The van der Waals surface area contributed by atoms with Gasteiger partial charge in [0.25, 0.3) is 0 Å². The van der Waals surface area contributed by atoms with Gasteiger partial charge in [-0.05, 0) is 43.6 Å². The lowest BCUT2D eigenvalue weighted by Crippen LogP contribution is -2.26. The summed E-state index contributed by atoms with van der Waals surface area (Å²) in [6.07, 6.45) is 8.53. The maximum absolute atomic E-state index is 11.0. The average molecular weight is 263 g/mol. The summed E-state index contributed by atoms with van der Waals surface area (Å²) in [6, 6.07) is 3.92.